The summed E-state index contributed by atoms with van der Waals surface area (Å²) in [5, 5.41) is 0.00288. The number of rotatable bonds is 2. The Hall–Kier alpha value is -1.94. The molecule has 1 aliphatic heterocycles. The molecule has 4 heteroatoms. The first-order valence-electron chi connectivity index (χ1n) is 6.92. The number of nitrogens with zero attached hydrogens (tertiary/aromatic N) is 1. The first-order chi connectivity index (χ1) is 10.1. The first-order valence-corrected chi connectivity index (χ1v) is 7.97. The van der Waals surface area contributed by atoms with Gasteiger partial charge in [-0.3, -0.25) is 9.69 Å². The van der Waals surface area contributed by atoms with Crippen LogP contribution in [0.25, 0.3) is 0 Å². The van der Waals surface area contributed by atoms with Crippen molar-refractivity contribution >= 4 is 29.0 Å². The molecule has 1 saturated heterocycles. The summed E-state index contributed by atoms with van der Waals surface area (Å²) >= 11 is 1.65. The molecule has 108 valence electrons. The number of hydrogen-bond acceptors (Lipinski definition) is 3. The van der Waals surface area contributed by atoms with E-state index >= 15 is 0 Å². The number of aryl methyl sites for hydroxylation is 2. The first kappa shape index (κ1) is 14.0. The van der Waals surface area contributed by atoms with Crippen LogP contribution in [0.1, 0.15) is 22.1 Å². The minimum absolute atomic E-state index is 0.00288. The molecule has 3 rings (SSSR count). The van der Waals surface area contributed by atoms with Gasteiger partial charge in [0.05, 0.1) is 5.75 Å². The predicted octanol–water partition coefficient (Wildman–Crippen LogP) is 3.66. The quantitative estimate of drug-likeness (QED) is 0.861. The minimum Gasteiger partial charge on any atom is -0.399 e. The maximum atomic E-state index is 12.3. The number of hydrogen-bond donors (Lipinski definition) is 1. The van der Waals surface area contributed by atoms with Crippen LogP contribution in [0, 0.1) is 13.8 Å². The Labute approximate surface area is 129 Å². The molecule has 1 atom stereocenters. The van der Waals surface area contributed by atoms with Gasteiger partial charge in [0.2, 0.25) is 5.91 Å². The maximum Gasteiger partial charge on any atom is 0.238 e. The fourth-order valence-electron chi connectivity index (χ4n) is 2.54. The van der Waals surface area contributed by atoms with Gasteiger partial charge < -0.3 is 5.73 Å². The summed E-state index contributed by atoms with van der Waals surface area (Å²) in [6, 6.07) is 13.9. The van der Waals surface area contributed by atoms with Crippen LogP contribution in [-0.4, -0.2) is 11.7 Å². The average molecular weight is 298 g/mol. The molecular weight excluding hydrogens is 280 g/mol. The van der Waals surface area contributed by atoms with E-state index < -0.39 is 0 Å². The van der Waals surface area contributed by atoms with Crippen molar-refractivity contribution in [2.75, 3.05) is 16.4 Å². The fraction of sp³-hybridized carbons (Fsp3) is 0.235. The zero-order valence-corrected chi connectivity index (χ0v) is 13.0. The molecule has 0 aromatic heterocycles. The van der Waals surface area contributed by atoms with Crippen LogP contribution in [0.4, 0.5) is 11.4 Å². The van der Waals surface area contributed by atoms with Gasteiger partial charge in [-0.25, -0.2) is 0 Å². The lowest BCUT2D eigenvalue weighted by Crippen LogP contribution is -2.27. The second-order valence-corrected chi connectivity index (χ2v) is 6.43. The Morgan fingerprint density at radius 3 is 2.67 bits per heavy atom. The number of amides is 1. The van der Waals surface area contributed by atoms with Crippen LogP contribution < -0.4 is 10.6 Å². The molecule has 0 bridgehead atoms. The van der Waals surface area contributed by atoms with E-state index in [1.807, 2.05) is 35.2 Å². The summed E-state index contributed by atoms with van der Waals surface area (Å²) in [5.74, 6) is 0.655. The summed E-state index contributed by atoms with van der Waals surface area (Å²) in [6.45, 7) is 4.15. The van der Waals surface area contributed by atoms with Crippen molar-refractivity contribution in [3.8, 4) is 0 Å². The second kappa shape index (κ2) is 5.45. The molecule has 2 aromatic carbocycles. The standard InChI is InChI=1S/C17H18N2OS/c1-11-6-7-15(8-12(11)2)19-16(20)10-21-17(19)13-4-3-5-14(18)9-13/h3-9,17H,10,18H2,1-2H3/t17-/m1/s1. The van der Waals surface area contributed by atoms with Crippen molar-refractivity contribution < 1.29 is 4.79 Å². The molecule has 1 heterocycles. The molecule has 3 nitrogen and oxygen atoms in total. The van der Waals surface area contributed by atoms with Crippen LogP contribution in [0.2, 0.25) is 0 Å². The number of nitrogen functional groups attached to an aromatic ring is 1. The lowest BCUT2D eigenvalue weighted by atomic mass is 10.1. The average Bonchev–Trinajstić information content (AvgIpc) is 2.84. The monoisotopic (exact) mass is 298 g/mol. The predicted molar refractivity (Wildman–Crippen MR) is 89.5 cm³/mol. The van der Waals surface area contributed by atoms with Crippen LogP contribution in [-0.2, 0) is 4.79 Å². The normalized spacial score (nSPS) is 18.3. The van der Waals surface area contributed by atoms with Gasteiger partial charge in [-0.05, 0) is 54.8 Å². The van der Waals surface area contributed by atoms with E-state index in [9.17, 15) is 4.79 Å². The highest BCUT2D eigenvalue weighted by atomic mass is 32.2. The van der Waals surface area contributed by atoms with Crippen LogP contribution in [0.15, 0.2) is 42.5 Å². The number of carbonyl (C=O) groups excluding carboxylic acids is 1. The Balaban J connectivity index is 2.01. The lowest BCUT2D eigenvalue weighted by Gasteiger charge is -2.25. The zero-order valence-electron chi connectivity index (χ0n) is 12.2. The largest absolute Gasteiger partial charge is 0.399 e. The third-order valence-electron chi connectivity index (χ3n) is 3.83. The minimum atomic E-state index is 0.00288. The van der Waals surface area contributed by atoms with Gasteiger partial charge in [-0.1, -0.05) is 18.2 Å². The van der Waals surface area contributed by atoms with Gasteiger partial charge in [0.1, 0.15) is 5.37 Å². The summed E-state index contributed by atoms with van der Waals surface area (Å²) in [4.78, 5) is 14.2. The molecule has 0 saturated carbocycles. The number of benzene rings is 2. The van der Waals surface area contributed by atoms with Crippen LogP contribution in [0.5, 0.6) is 0 Å². The van der Waals surface area contributed by atoms with Gasteiger partial charge in [-0.2, -0.15) is 0 Å². The van der Waals surface area contributed by atoms with E-state index in [-0.39, 0.29) is 11.3 Å². The van der Waals surface area contributed by atoms with E-state index in [2.05, 4.69) is 26.0 Å². The van der Waals surface area contributed by atoms with Crippen molar-refractivity contribution in [3.05, 3.63) is 59.2 Å². The van der Waals surface area contributed by atoms with Gasteiger partial charge in [0, 0.05) is 11.4 Å². The van der Waals surface area contributed by atoms with Gasteiger partial charge in [0.25, 0.3) is 0 Å². The Morgan fingerprint density at radius 2 is 1.95 bits per heavy atom. The Kier molecular flexibility index (Phi) is 3.64. The van der Waals surface area contributed by atoms with Crippen LogP contribution >= 0.6 is 11.8 Å². The summed E-state index contributed by atoms with van der Waals surface area (Å²) in [5.41, 5.74) is 11.1. The second-order valence-electron chi connectivity index (χ2n) is 5.37. The Bertz CT molecular complexity index is 699. The summed E-state index contributed by atoms with van der Waals surface area (Å²) < 4.78 is 0. The van der Waals surface area contributed by atoms with Gasteiger partial charge >= 0.3 is 0 Å². The number of nitrogens with two attached hydrogens (primary N) is 1. The van der Waals surface area contributed by atoms with Gasteiger partial charge in [0.15, 0.2) is 0 Å². The SMILES string of the molecule is Cc1ccc(N2C(=O)CS[C@@H]2c2cccc(N)c2)cc1C. The van der Waals surface area contributed by atoms with E-state index in [1.165, 1.54) is 11.1 Å². The fourth-order valence-corrected chi connectivity index (χ4v) is 3.70. The highest BCUT2D eigenvalue weighted by Gasteiger charge is 2.34. The van der Waals surface area contributed by atoms with E-state index in [1.54, 1.807) is 11.8 Å². The zero-order chi connectivity index (χ0) is 15.0. The van der Waals surface area contributed by atoms with Gasteiger partial charge in [-0.15, -0.1) is 11.8 Å². The molecule has 0 spiro atoms. The Morgan fingerprint density at radius 1 is 1.14 bits per heavy atom. The maximum absolute atomic E-state index is 12.3. The van der Waals surface area contributed by atoms with Crippen LogP contribution in [0.3, 0.4) is 0 Å². The summed E-state index contributed by atoms with van der Waals surface area (Å²) in [6.07, 6.45) is 0. The summed E-state index contributed by atoms with van der Waals surface area (Å²) in [7, 11) is 0. The number of anilines is 2. The molecule has 0 unspecified atom stereocenters. The smallest absolute Gasteiger partial charge is 0.238 e. The lowest BCUT2D eigenvalue weighted by molar-refractivity contribution is -0.115. The molecular formula is C17H18N2OS. The highest BCUT2D eigenvalue weighted by molar-refractivity contribution is 8.00. The molecule has 0 radical (unpaired) electrons. The van der Waals surface area contributed by atoms with Crippen molar-refractivity contribution in [1.82, 2.24) is 0 Å². The molecule has 1 amide bonds. The number of thioether (sulfide) groups is 1. The molecule has 1 fully saturated rings. The van der Waals surface area contributed by atoms with E-state index in [0.717, 1.165) is 16.9 Å². The van der Waals surface area contributed by atoms with E-state index in [0.29, 0.717) is 5.75 Å². The molecule has 2 aromatic rings. The van der Waals surface area contributed by atoms with Crippen molar-refractivity contribution in [1.29, 1.82) is 0 Å². The highest BCUT2D eigenvalue weighted by Crippen LogP contribution is 2.42. The third-order valence-corrected chi connectivity index (χ3v) is 5.04. The van der Waals surface area contributed by atoms with Crippen molar-refractivity contribution in [2.45, 2.75) is 19.2 Å². The van der Waals surface area contributed by atoms with E-state index in [4.69, 9.17) is 5.73 Å². The molecule has 1 aliphatic rings. The third kappa shape index (κ3) is 2.63. The molecule has 2 N–H and O–H groups in total. The topological polar surface area (TPSA) is 46.3 Å². The van der Waals surface area contributed by atoms with Crippen molar-refractivity contribution in [2.24, 2.45) is 0 Å². The number of carbonyl (C=O) groups is 1. The van der Waals surface area contributed by atoms with Crippen molar-refractivity contribution in [3.63, 3.8) is 0 Å². The molecule has 0 aliphatic carbocycles. The molecule has 21 heavy (non-hydrogen) atoms.